The lowest BCUT2D eigenvalue weighted by Gasteiger charge is -2.20. The van der Waals surface area contributed by atoms with E-state index in [2.05, 4.69) is 10.6 Å². The first-order valence-electron chi connectivity index (χ1n) is 8.56. The molecule has 1 saturated carbocycles. The van der Waals surface area contributed by atoms with Gasteiger partial charge in [-0.1, -0.05) is 19.8 Å². The molecule has 0 atom stereocenters. The summed E-state index contributed by atoms with van der Waals surface area (Å²) in [5.74, 6) is -0.172. The summed E-state index contributed by atoms with van der Waals surface area (Å²) >= 11 is 1.44. The molecule has 24 heavy (non-hydrogen) atoms. The molecule has 0 radical (unpaired) electrons. The van der Waals surface area contributed by atoms with Crippen LogP contribution in [0.25, 0.3) is 0 Å². The minimum Gasteiger partial charge on any atom is -0.351 e. The standard InChI is InChI=1S/C17H23N3O3S/c1-2-12-6-11-24-13(12)14(21)18-9-5-10-20-15(22)17(19-16(20)23)7-3-4-8-17/h6,11H,2-5,7-10H2,1H3,(H,18,21)(H,19,23). The number of rotatable bonds is 6. The number of carbonyl (C=O) groups excluding carboxylic acids is 3. The lowest BCUT2D eigenvalue weighted by atomic mass is 9.98. The molecule has 1 aromatic heterocycles. The van der Waals surface area contributed by atoms with Gasteiger partial charge in [0, 0.05) is 13.1 Å². The molecule has 7 heteroatoms. The van der Waals surface area contributed by atoms with Crippen LogP contribution in [0.2, 0.25) is 0 Å². The van der Waals surface area contributed by atoms with E-state index in [1.165, 1.54) is 16.2 Å². The molecule has 1 aliphatic heterocycles. The van der Waals surface area contributed by atoms with Gasteiger partial charge >= 0.3 is 6.03 Å². The van der Waals surface area contributed by atoms with Crippen molar-refractivity contribution in [3.63, 3.8) is 0 Å². The highest BCUT2D eigenvalue weighted by molar-refractivity contribution is 7.12. The highest BCUT2D eigenvalue weighted by Crippen LogP contribution is 2.34. The molecule has 2 fully saturated rings. The third-order valence-electron chi connectivity index (χ3n) is 4.88. The molecule has 0 unspecified atom stereocenters. The van der Waals surface area contributed by atoms with Crippen molar-refractivity contribution in [2.45, 2.75) is 51.0 Å². The Morgan fingerprint density at radius 3 is 2.83 bits per heavy atom. The van der Waals surface area contributed by atoms with Crippen LogP contribution in [-0.2, 0) is 11.2 Å². The minimum atomic E-state index is -0.646. The number of nitrogens with zero attached hydrogens (tertiary/aromatic N) is 1. The van der Waals surface area contributed by atoms with Gasteiger partial charge in [0.05, 0.1) is 4.88 Å². The molecule has 4 amide bonds. The summed E-state index contributed by atoms with van der Waals surface area (Å²) in [5, 5.41) is 7.66. The second-order valence-electron chi connectivity index (χ2n) is 6.41. The van der Waals surface area contributed by atoms with Gasteiger partial charge in [0.15, 0.2) is 0 Å². The van der Waals surface area contributed by atoms with Crippen molar-refractivity contribution < 1.29 is 14.4 Å². The zero-order valence-corrected chi connectivity index (χ0v) is 14.7. The number of hydrogen-bond acceptors (Lipinski definition) is 4. The summed E-state index contributed by atoms with van der Waals surface area (Å²) in [7, 11) is 0. The number of urea groups is 1. The van der Waals surface area contributed by atoms with Crippen LogP contribution in [0.5, 0.6) is 0 Å². The molecule has 6 nitrogen and oxygen atoms in total. The van der Waals surface area contributed by atoms with Gasteiger partial charge in [0.1, 0.15) is 5.54 Å². The van der Waals surface area contributed by atoms with Gasteiger partial charge in [-0.05, 0) is 42.7 Å². The zero-order chi connectivity index (χ0) is 17.2. The van der Waals surface area contributed by atoms with Crippen molar-refractivity contribution in [2.75, 3.05) is 13.1 Å². The average Bonchev–Trinajstić information content (AvgIpc) is 3.27. The summed E-state index contributed by atoms with van der Waals surface area (Å²) in [4.78, 5) is 38.8. The Morgan fingerprint density at radius 1 is 1.38 bits per heavy atom. The van der Waals surface area contributed by atoms with Gasteiger partial charge in [-0.25, -0.2) is 4.79 Å². The Kier molecular flexibility index (Phi) is 4.89. The van der Waals surface area contributed by atoms with Crippen LogP contribution < -0.4 is 10.6 Å². The van der Waals surface area contributed by atoms with Gasteiger partial charge in [-0.2, -0.15) is 0 Å². The molecule has 1 aliphatic carbocycles. The zero-order valence-electron chi connectivity index (χ0n) is 13.9. The van der Waals surface area contributed by atoms with Crippen molar-refractivity contribution in [3.05, 3.63) is 21.9 Å². The van der Waals surface area contributed by atoms with E-state index < -0.39 is 5.54 Å². The highest BCUT2D eigenvalue weighted by Gasteiger charge is 2.51. The molecule has 2 heterocycles. The van der Waals surface area contributed by atoms with E-state index in [4.69, 9.17) is 0 Å². The summed E-state index contributed by atoms with van der Waals surface area (Å²) < 4.78 is 0. The van der Waals surface area contributed by atoms with Gasteiger partial charge in [0.25, 0.3) is 11.8 Å². The third-order valence-corrected chi connectivity index (χ3v) is 5.84. The molecular formula is C17H23N3O3S. The summed E-state index contributed by atoms with van der Waals surface area (Å²) in [5.41, 5.74) is 0.405. The number of amides is 4. The lowest BCUT2D eigenvalue weighted by molar-refractivity contribution is -0.131. The van der Waals surface area contributed by atoms with Gasteiger partial charge in [-0.15, -0.1) is 11.3 Å². The smallest absolute Gasteiger partial charge is 0.325 e. The van der Waals surface area contributed by atoms with Gasteiger partial charge in [0.2, 0.25) is 0 Å². The maximum Gasteiger partial charge on any atom is 0.325 e. The van der Waals surface area contributed by atoms with Crippen LogP contribution in [0.3, 0.4) is 0 Å². The molecule has 1 spiro atoms. The predicted molar refractivity (Wildman–Crippen MR) is 92.1 cm³/mol. The fourth-order valence-corrected chi connectivity index (χ4v) is 4.44. The first kappa shape index (κ1) is 17.0. The summed E-state index contributed by atoms with van der Waals surface area (Å²) in [6.07, 6.45) is 4.84. The van der Waals surface area contributed by atoms with Crippen molar-refractivity contribution in [1.29, 1.82) is 0 Å². The lowest BCUT2D eigenvalue weighted by Crippen LogP contribution is -2.44. The fraction of sp³-hybridized carbons (Fsp3) is 0.588. The molecule has 3 rings (SSSR count). The van der Waals surface area contributed by atoms with E-state index in [-0.39, 0.29) is 17.8 Å². The van der Waals surface area contributed by atoms with Gasteiger partial charge < -0.3 is 10.6 Å². The van der Waals surface area contributed by atoms with E-state index in [0.29, 0.717) is 19.5 Å². The third kappa shape index (κ3) is 3.05. The number of thiophene rings is 1. The second kappa shape index (κ2) is 6.93. The summed E-state index contributed by atoms with van der Waals surface area (Å²) in [6, 6.07) is 1.67. The van der Waals surface area contributed by atoms with E-state index in [1.54, 1.807) is 0 Å². The van der Waals surface area contributed by atoms with Crippen LogP contribution in [0.15, 0.2) is 11.4 Å². The van der Waals surface area contributed by atoms with Crippen LogP contribution in [0.1, 0.15) is 54.3 Å². The van der Waals surface area contributed by atoms with E-state index in [1.807, 2.05) is 18.4 Å². The Hall–Kier alpha value is -1.89. The van der Waals surface area contributed by atoms with E-state index >= 15 is 0 Å². The quantitative estimate of drug-likeness (QED) is 0.611. The Labute approximate surface area is 145 Å². The predicted octanol–water partition coefficient (Wildman–Crippen LogP) is 2.29. The van der Waals surface area contributed by atoms with Crippen LogP contribution in [0, 0.1) is 0 Å². The van der Waals surface area contributed by atoms with Crippen molar-refractivity contribution in [1.82, 2.24) is 15.5 Å². The first-order valence-corrected chi connectivity index (χ1v) is 9.44. The molecule has 0 bridgehead atoms. The minimum absolute atomic E-state index is 0.0775. The first-order chi connectivity index (χ1) is 11.6. The summed E-state index contributed by atoms with van der Waals surface area (Å²) in [6.45, 7) is 2.82. The Bertz CT molecular complexity index is 649. The molecule has 130 valence electrons. The average molecular weight is 349 g/mol. The van der Waals surface area contributed by atoms with Crippen LogP contribution in [-0.4, -0.2) is 41.4 Å². The SMILES string of the molecule is CCc1ccsc1C(=O)NCCCN1C(=O)NC2(CCCC2)C1=O. The molecular weight excluding hydrogens is 326 g/mol. The normalized spacial score (nSPS) is 19.1. The van der Waals surface area contributed by atoms with E-state index in [9.17, 15) is 14.4 Å². The topological polar surface area (TPSA) is 78.5 Å². The Balaban J connectivity index is 1.47. The second-order valence-corrected chi connectivity index (χ2v) is 7.33. The molecule has 0 aromatic carbocycles. The van der Waals surface area contributed by atoms with Crippen molar-refractivity contribution in [3.8, 4) is 0 Å². The van der Waals surface area contributed by atoms with Crippen LogP contribution in [0.4, 0.5) is 4.79 Å². The largest absolute Gasteiger partial charge is 0.351 e. The number of carbonyl (C=O) groups is 3. The van der Waals surface area contributed by atoms with Gasteiger partial charge in [-0.3, -0.25) is 14.5 Å². The van der Waals surface area contributed by atoms with Crippen molar-refractivity contribution in [2.24, 2.45) is 0 Å². The molecule has 2 N–H and O–H groups in total. The highest BCUT2D eigenvalue weighted by atomic mass is 32.1. The number of hydrogen-bond donors (Lipinski definition) is 2. The van der Waals surface area contributed by atoms with Crippen molar-refractivity contribution >= 4 is 29.2 Å². The maximum absolute atomic E-state index is 12.5. The number of nitrogens with one attached hydrogen (secondary N) is 2. The molecule has 1 saturated heterocycles. The monoisotopic (exact) mass is 349 g/mol. The van der Waals surface area contributed by atoms with Crippen LogP contribution >= 0.6 is 11.3 Å². The fourth-order valence-electron chi connectivity index (χ4n) is 3.53. The molecule has 2 aliphatic rings. The Morgan fingerprint density at radius 2 is 2.12 bits per heavy atom. The molecule has 1 aromatic rings. The number of imide groups is 1. The van der Waals surface area contributed by atoms with E-state index in [0.717, 1.165) is 42.5 Å². The maximum atomic E-state index is 12.5. The number of aryl methyl sites for hydroxylation is 1.